The fraction of sp³-hybridized carbons (Fsp3) is 0.263. The first-order valence-electron chi connectivity index (χ1n) is 8.51. The average Bonchev–Trinajstić information content (AvgIpc) is 3.18. The van der Waals surface area contributed by atoms with Crippen molar-refractivity contribution in [3.8, 4) is 5.75 Å². The number of halogens is 1. The number of carbonyl (C=O) groups excluding carboxylic acids is 2. The van der Waals surface area contributed by atoms with Crippen LogP contribution in [0.1, 0.15) is 36.0 Å². The molecule has 27 heavy (non-hydrogen) atoms. The van der Waals surface area contributed by atoms with Gasteiger partial charge in [-0.05, 0) is 43.2 Å². The zero-order valence-corrected chi connectivity index (χ0v) is 15.1. The van der Waals surface area contributed by atoms with Crippen LogP contribution in [0, 0.1) is 16.0 Å². The van der Waals surface area contributed by atoms with E-state index < -0.39 is 10.8 Å². The lowest BCUT2D eigenvalue weighted by Crippen LogP contribution is -2.17. The van der Waals surface area contributed by atoms with Gasteiger partial charge in [-0.2, -0.15) is 0 Å². The maximum atomic E-state index is 12.3. The number of hydrogen-bond donors (Lipinski definition) is 1. The van der Waals surface area contributed by atoms with Gasteiger partial charge in [-0.25, -0.2) is 0 Å². The molecule has 1 N–H and O–H groups in total. The highest BCUT2D eigenvalue weighted by Crippen LogP contribution is 2.27. The summed E-state index contributed by atoms with van der Waals surface area (Å²) in [7, 11) is 0. The SMILES string of the molecule is O=C(Nc1ccc(OC(=O)C2CCCC2)cc1)c1cc([N+](=O)[O-])ccc1Cl. The summed E-state index contributed by atoms with van der Waals surface area (Å²) in [6.07, 6.45) is 3.81. The van der Waals surface area contributed by atoms with Crippen LogP contribution in [0.4, 0.5) is 11.4 Å². The topological polar surface area (TPSA) is 98.5 Å². The fourth-order valence-corrected chi connectivity index (χ4v) is 3.17. The summed E-state index contributed by atoms with van der Waals surface area (Å²) in [5.74, 6) is -0.439. The summed E-state index contributed by atoms with van der Waals surface area (Å²) in [4.78, 5) is 34.6. The first-order chi connectivity index (χ1) is 12.9. The molecular formula is C19H17ClN2O5. The molecule has 0 radical (unpaired) electrons. The molecule has 0 spiro atoms. The Kier molecular flexibility index (Phi) is 5.71. The maximum absolute atomic E-state index is 12.3. The molecule has 2 aromatic rings. The molecule has 0 aliphatic heterocycles. The number of non-ortho nitro benzene ring substituents is 1. The summed E-state index contributed by atoms with van der Waals surface area (Å²) in [5, 5.41) is 13.6. The average molecular weight is 389 g/mol. The minimum atomic E-state index is -0.597. The number of nitrogens with zero attached hydrogens (tertiary/aromatic N) is 1. The number of rotatable bonds is 5. The number of carbonyl (C=O) groups is 2. The van der Waals surface area contributed by atoms with Gasteiger partial charge in [0.25, 0.3) is 11.6 Å². The highest BCUT2D eigenvalue weighted by molar-refractivity contribution is 6.34. The quantitative estimate of drug-likeness (QED) is 0.349. The molecule has 0 aromatic heterocycles. The van der Waals surface area contributed by atoms with E-state index in [1.54, 1.807) is 24.3 Å². The molecule has 0 atom stereocenters. The maximum Gasteiger partial charge on any atom is 0.314 e. The van der Waals surface area contributed by atoms with E-state index in [1.165, 1.54) is 12.1 Å². The highest BCUT2D eigenvalue weighted by Gasteiger charge is 2.24. The van der Waals surface area contributed by atoms with Crippen molar-refractivity contribution in [2.75, 3.05) is 5.32 Å². The minimum absolute atomic E-state index is 0.00241. The third-order valence-corrected chi connectivity index (χ3v) is 4.75. The Morgan fingerprint density at radius 1 is 1.11 bits per heavy atom. The highest BCUT2D eigenvalue weighted by atomic mass is 35.5. The summed E-state index contributed by atoms with van der Waals surface area (Å²) in [6, 6.07) is 9.98. The molecule has 0 unspecified atom stereocenters. The van der Waals surface area contributed by atoms with Gasteiger partial charge >= 0.3 is 5.97 Å². The molecule has 140 valence electrons. The number of amides is 1. The Bertz CT molecular complexity index is 876. The molecule has 2 aromatic carbocycles. The van der Waals surface area contributed by atoms with Crippen molar-refractivity contribution in [3.63, 3.8) is 0 Å². The molecular weight excluding hydrogens is 372 g/mol. The van der Waals surface area contributed by atoms with Gasteiger partial charge in [-0.15, -0.1) is 0 Å². The van der Waals surface area contributed by atoms with Gasteiger partial charge in [-0.1, -0.05) is 24.4 Å². The van der Waals surface area contributed by atoms with Crippen molar-refractivity contribution >= 4 is 34.9 Å². The van der Waals surface area contributed by atoms with Gasteiger partial charge in [0.2, 0.25) is 0 Å². The number of nitro groups is 1. The first-order valence-corrected chi connectivity index (χ1v) is 8.89. The van der Waals surface area contributed by atoms with Crippen LogP contribution in [-0.4, -0.2) is 16.8 Å². The standard InChI is InChI=1S/C19H17ClN2O5/c20-17-10-7-14(22(25)26)11-16(17)18(23)21-13-5-8-15(9-6-13)27-19(24)12-3-1-2-4-12/h5-12H,1-4H2,(H,21,23). The van der Waals surface area contributed by atoms with Crippen LogP contribution in [0.3, 0.4) is 0 Å². The predicted molar refractivity (Wildman–Crippen MR) is 100 cm³/mol. The lowest BCUT2D eigenvalue weighted by Gasteiger charge is -2.10. The largest absolute Gasteiger partial charge is 0.426 e. The van der Waals surface area contributed by atoms with E-state index in [4.69, 9.17) is 16.3 Å². The van der Waals surface area contributed by atoms with E-state index >= 15 is 0 Å². The molecule has 0 heterocycles. The van der Waals surface area contributed by atoms with E-state index in [2.05, 4.69) is 5.32 Å². The summed E-state index contributed by atoms with van der Waals surface area (Å²) < 4.78 is 5.36. The van der Waals surface area contributed by atoms with Crippen molar-refractivity contribution in [1.29, 1.82) is 0 Å². The Hall–Kier alpha value is -2.93. The molecule has 3 rings (SSSR count). The van der Waals surface area contributed by atoms with Crippen molar-refractivity contribution in [2.45, 2.75) is 25.7 Å². The third kappa shape index (κ3) is 4.62. The van der Waals surface area contributed by atoms with Crippen LogP contribution in [-0.2, 0) is 4.79 Å². The van der Waals surface area contributed by atoms with Crippen LogP contribution < -0.4 is 10.1 Å². The normalized spacial score (nSPS) is 14.0. The first kappa shape index (κ1) is 18.8. The lowest BCUT2D eigenvalue weighted by molar-refractivity contribution is -0.384. The van der Waals surface area contributed by atoms with Crippen LogP contribution in [0.2, 0.25) is 5.02 Å². The zero-order valence-electron chi connectivity index (χ0n) is 14.3. The number of hydrogen-bond acceptors (Lipinski definition) is 5. The third-order valence-electron chi connectivity index (χ3n) is 4.42. The van der Waals surface area contributed by atoms with E-state index in [0.717, 1.165) is 31.7 Å². The summed E-state index contributed by atoms with van der Waals surface area (Å²) >= 11 is 5.97. The molecule has 7 nitrogen and oxygen atoms in total. The van der Waals surface area contributed by atoms with E-state index in [9.17, 15) is 19.7 Å². The Balaban J connectivity index is 1.66. The molecule has 1 fully saturated rings. The summed E-state index contributed by atoms with van der Waals surface area (Å²) in [5.41, 5.74) is 0.226. The Morgan fingerprint density at radius 2 is 1.78 bits per heavy atom. The van der Waals surface area contributed by atoms with Gasteiger partial charge in [0.1, 0.15) is 5.75 Å². The summed E-state index contributed by atoms with van der Waals surface area (Å²) in [6.45, 7) is 0. The van der Waals surface area contributed by atoms with E-state index in [1.807, 2.05) is 0 Å². The minimum Gasteiger partial charge on any atom is -0.426 e. The fourth-order valence-electron chi connectivity index (χ4n) is 2.97. The van der Waals surface area contributed by atoms with Gasteiger partial charge in [0.05, 0.1) is 21.4 Å². The predicted octanol–water partition coefficient (Wildman–Crippen LogP) is 4.60. The monoisotopic (exact) mass is 388 g/mol. The van der Waals surface area contributed by atoms with Gasteiger partial charge in [0, 0.05) is 17.8 Å². The van der Waals surface area contributed by atoms with Crippen LogP contribution >= 0.6 is 11.6 Å². The van der Waals surface area contributed by atoms with Gasteiger partial charge in [0.15, 0.2) is 0 Å². The lowest BCUT2D eigenvalue weighted by atomic mass is 10.1. The van der Waals surface area contributed by atoms with Gasteiger partial charge < -0.3 is 10.1 Å². The van der Waals surface area contributed by atoms with E-state index in [0.29, 0.717) is 11.4 Å². The van der Waals surface area contributed by atoms with Crippen molar-refractivity contribution < 1.29 is 19.2 Å². The van der Waals surface area contributed by atoms with Crippen LogP contribution in [0.25, 0.3) is 0 Å². The molecule has 1 aliphatic carbocycles. The number of ether oxygens (including phenoxy) is 1. The molecule has 0 bridgehead atoms. The number of benzene rings is 2. The Morgan fingerprint density at radius 3 is 2.41 bits per heavy atom. The molecule has 0 saturated heterocycles. The second-order valence-electron chi connectivity index (χ2n) is 6.30. The second-order valence-corrected chi connectivity index (χ2v) is 6.71. The van der Waals surface area contributed by atoms with Crippen LogP contribution in [0.15, 0.2) is 42.5 Å². The van der Waals surface area contributed by atoms with Crippen molar-refractivity contribution in [2.24, 2.45) is 5.92 Å². The number of nitrogens with one attached hydrogen (secondary N) is 1. The van der Waals surface area contributed by atoms with Crippen molar-refractivity contribution in [1.82, 2.24) is 0 Å². The molecule has 1 amide bonds. The molecule has 1 saturated carbocycles. The molecule has 1 aliphatic rings. The number of esters is 1. The number of anilines is 1. The van der Waals surface area contributed by atoms with E-state index in [-0.39, 0.29) is 28.2 Å². The smallest absolute Gasteiger partial charge is 0.314 e. The molecule has 8 heteroatoms. The number of nitro benzene ring substituents is 1. The second kappa shape index (κ2) is 8.18. The van der Waals surface area contributed by atoms with Crippen molar-refractivity contribution in [3.05, 3.63) is 63.2 Å². The van der Waals surface area contributed by atoms with Crippen LogP contribution in [0.5, 0.6) is 5.75 Å². The zero-order chi connectivity index (χ0) is 19.4. The van der Waals surface area contributed by atoms with Gasteiger partial charge in [-0.3, -0.25) is 19.7 Å². The Labute approximate surface area is 160 Å².